The van der Waals surface area contributed by atoms with E-state index < -0.39 is 0 Å². The fraction of sp³-hybridized carbons (Fsp3) is 0.174. The zero-order valence-electron chi connectivity index (χ0n) is 14.6. The number of hydrogen-bond acceptors (Lipinski definition) is 1. The van der Waals surface area contributed by atoms with Crippen LogP contribution in [-0.4, -0.2) is 17.5 Å². The van der Waals surface area contributed by atoms with Crippen molar-refractivity contribution >= 4 is 11.9 Å². The normalized spacial score (nSPS) is 13.6. The second-order valence-corrected chi connectivity index (χ2v) is 6.92. The summed E-state index contributed by atoms with van der Waals surface area (Å²) in [4.78, 5) is 0. The van der Waals surface area contributed by atoms with E-state index in [1.807, 2.05) is 18.2 Å². The fourth-order valence-electron chi connectivity index (χ4n) is 3.43. The number of ether oxygens (including phenoxy) is 1. The molecule has 0 aromatic heterocycles. The standard InChI is InChI=1S/C23H22NO/c1-23(2,19-11-5-3-6-12-19)21-15-9-10-18-16-24(17-25-22(18)21)20-13-7-4-8-14-20/h3-16H,17H2,1-2H3/q+1. The van der Waals surface area contributed by atoms with Gasteiger partial charge in [-0.1, -0.05) is 74.5 Å². The molecule has 0 spiro atoms. The highest BCUT2D eigenvalue weighted by Gasteiger charge is 2.30. The summed E-state index contributed by atoms with van der Waals surface area (Å²) in [5.41, 5.74) is 4.66. The highest BCUT2D eigenvalue weighted by atomic mass is 16.5. The third-order valence-corrected chi connectivity index (χ3v) is 4.95. The molecule has 0 atom stereocenters. The van der Waals surface area contributed by atoms with Gasteiger partial charge in [-0.25, -0.2) is 0 Å². The summed E-state index contributed by atoms with van der Waals surface area (Å²) in [6.45, 7) is 5.04. The van der Waals surface area contributed by atoms with Crippen LogP contribution in [0.2, 0.25) is 0 Å². The lowest BCUT2D eigenvalue weighted by Gasteiger charge is -2.29. The lowest BCUT2D eigenvalue weighted by Crippen LogP contribution is -2.26. The van der Waals surface area contributed by atoms with Gasteiger partial charge < -0.3 is 4.74 Å². The first kappa shape index (κ1) is 15.6. The van der Waals surface area contributed by atoms with Crippen LogP contribution in [0.25, 0.3) is 0 Å². The van der Waals surface area contributed by atoms with Crippen LogP contribution in [-0.2, 0) is 5.41 Å². The highest BCUT2D eigenvalue weighted by molar-refractivity contribution is 5.82. The number of para-hydroxylation sites is 2. The molecule has 0 N–H and O–H groups in total. The number of fused-ring (bicyclic) bond motifs is 1. The Labute approximate surface area is 149 Å². The van der Waals surface area contributed by atoms with Gasteiger partial charge >= 0.3 is 0 Å². The van der Waals surface area contributed by atoms with E-state index in [-0.39, 0.29) is 5.41 Å². The van der Waals surface area contributed by atoms with Crippen molar-refractivity contribution in [3.63, 3.8) is 0 Å². The van der Waals surface area contributed by atoms with Crippen LogP contribution in [0.15, 0.2) is 78.9 Å². The van der Waals surface area contributed by atoms with E-state index in [0.29, 0.717) is 6.73 Å². The monoisotopic (exact) mass is 328 g/mol. The molecule has 3 aromatic rings. The van der Waals surface area contributed by atoms with Crippen molar-refractivity contribution in [1.82, 2.24) is 0 Å². The predicted octanol–water partition coefficient (Wildman–Crippen LogP) is 5.13. The molecule has 0 unspecified atom stereocenters. The minimum absolute atomic E-state index is 0.116. The SMILES string of the molecule is CC(C)(c1ccccc1)c1cccc2c1OC[N+](c1ccccc1)=C2. The van der Waals surface area contributed by atoms with Crippen LogP contribution in [0.1, 0.15) is 30.5 Å². The predicted molar refractivity (Wildman–Crippen MR) is 102 cm³/mol. The molecule has 0 aliphatic carbocycles. The Balaban J connectivity index is 1.79. The first-order valence-electron chi connectivity index (χ1n) is 8.64. The topological polar surface area (TPSA) is 12.2 Å². The van der Waals surface area contributed by atoms with E-state index in [1.54, 1.807) is 0 Å². The van der Waals surface area contributed by atoms with Crippen LogP contribution in [0.4, 0.5) is 5.69 Å². The second kappa shape index (κ2) is 6.21. The van der Waals surface area contributed by atoms with E-state index in [2.05, 4.69) is 85.3 Å². The molecule has 2 nitrogen and oxygen atoms in total. The summed E-state index contributed by atoms with van der Waals surface area (Å²) in [6.07, 6.45) is 2.18. The van der Waals surface area contributed by atoms with Crippen molar-refractivity contribution in [2.24, 2.45) is 0 Å². The van der Waals surface area contributed by atoms with Gasteiger partial charge in [-0.15, -0.1) is 0 Å². The van der Waals surface area contributed by atoms with Gasteiger partial charge in [-0.05, 0) is 11.6 Å². The molecule has 1 heterocycles. The molecule has 0 radical (unpaired) electrons. The largest absolute Gasteiger partial charge is 0.435 e. The molecule has 0 saturated heterocycles. The summed E-state index contributed by atoms with van der Waals surface area (Å²) >= 11 is 0. The Bertz CT molecular complexity index is 911. The average molecular weight is 328 g/mol. The first-order valence-corrected chi connectivity index (χ1v) is 8.64. The maximum Gasteiger partial charge on any atom is 0.292 e. The van der Waals surface area contributed by atoms with Crippen LogP contribution in [0.5, 0.6) is 5.75 Å². The molecule has 0 fully saturated rings. The molecule has 0 saturated carbocycles. The third kappa shape index (κ3) is 2.85. The summed E-state index contributed by atoms with van der Waals surface area (Å²) in [5.74, 6) is 0.989. The summed E-state index contributed by atoms with van der Waals surface area (Å²) < 4.78 is 8.36. The summed E-state index contributed by atoms with van der Waals surface area (Å²) in [7, 11) is 0. The van der Waals surface area contributed by atoms with Crippen molar-refractivity contribution in [3.05, 3.63) is 95.6 Å². The van der Waals surface area contributed by atoms with Crippen LogP contribution >= 0.6 is 0 Å². The minimum atomic E-state index is -0.116. The van der Waals surface area contributed by atoms with E-state index in [4.69, 9.17) is 4.74 Å². The molecule has 3 aromatic carbocycles. The van der Waals surface area contributed by atoms with Crippen molar-refractivity contribution in [1.29, 1.82) is 0 Å². The van der Waals surface area contributed by atoms with E-state index in [1.165, 1.54) is 11.1 Å². The minimum Gasteiger partial charge on any atom is -0.435 e. The molecular weight excluding hydrogens is 306 g/mol. The van der Waals surface area contributed by atoms with Crippen molar-refractivity contribution in [3.8, 4) is 5.75 Å². The molecule has 1 aliphatic rings. The van der Waals surface area contributed by atoms with Gasteiger partial charge in [-0.3, -0.25) is 0 Å². The summed E-state index contributed by atoms with van der Waals surface area (Å²) in [6, 6.07) is 27.4. The van der Waals surface area contributed by atoms with Crippen LogP contribution in [0, 0.1) is 0 Å². The lowest BCUT2D eigenvalue weighted by molar-refractivity contribution is -0.476. The van der Waals surface area contributed by atoms with Gasteiger partial charge in [-0.2, -0.15) is 4.58 Å². The van der Waals surface area contributed by atoms with Gasteiger partial charge in [0.2, 0.25) is 5.69 Å². The quantitative estimate of drug-likeness (QED) is 0.607. The average Bonchev–Trinajstić information content (AvgIpc) is 2.68. The zero-order valence-corrected chi connectivity index (χ0v) is 14.6. The Morgan fingerprint density at radius 1 is 0.800 bits per heavy atom. The van der Waals surface area contributed by atoms with E-state index in [9.17, 15) is 0 Å². The van der Waals surface area contributed by atoms with Gasteiger partial charge in [0.1, 0.15) is 5.75 Å². The molecule has 25 heavy (non-hydrogen) atoms. The van der Waals surface area contributed by atoms with Gasteiger partial charge in [0.25, 0.3) is 6.73 Å². The maximum absolute atomic E-state index is 6.22. The van der Waals surface area contributed by atoms with Crippen molar-refractivity contribution < 1.29 is 9.31 Å². The molecular formula is C23H22NO+. The van der Waals surface area contributed by atoms with Crippen molar-refractivity contribution in [2.45, 2.75) is 19.3 Å². The second-order valence-electron chi connectivity index (χ2n) is 6.92. The van der Waals surface area contributed by atoms with Gasteiger partial charge in [0, 0.05) is 23.1 Å². The van der Waals surface area contributed by atoms with E-state index in [0.717, 1.165) is 17.0 Å². The summed E-state index contributed by atoms with van der Waals surface area (Å²) in [5, 5.41) is 0. The maximum atomic E-state index is 6.22. The molecule has 0 amide bonds. The van der Waals surface area contributed by atoms with Crippen molar-refractivity contribution in [2.75, 3.05) is 6.73 Å². The van der Waals surface area contributed by atoms with Crippen LogP contribution in [0.3, 0.4) is 0 Å². The van der Waals surface area contributed by atoms with Gasteiger partial charge in [0.05, 0.1) is 5.56 Å². The zero-order chi connectivity index (χ0) is 17.3. The Hall–Kier alpha value is -2.87. The number of rotatable bonds is 3. The Kier molecular flexibility index (Phi) is 3.89. The first-order chi connectivity index (χ1) is 12.2. The third-order valence-electron chi connectivity index (χ3n) is 4.95. The number of hydrogen-bond donors (Lipinski definition) is 0. The number of nitrogens with zero attached hydrogens (tertiary/aromatic N) is 1. The Morgan fingerprint density at radius 2 is 1.48 bits per heavy atom. The fourth-order valence-corrected chi connectivity index (χ4v) is 3.43. The Morgan fingerprint density at radius 3 is 2.20 bits per heavy atom. The molecule has 124 valence electrons. The molecule has 4 rings (SSSR count). The molecule has 0 bridgehead atoms. The van der Waals surface area contributed by atoms with E-state index >= 15 is 0 Å². The van der Waals surface area contributed by atoms with Gasteiger partial charge in [0.15, 0.2) is 6.21 Å². The smallest absolute Gasteiger partial charge is 0.292 e. The number of benzene rings is 3. The highest BCUT2D eigenvalue weighted by Crippen LogP contribution is 2.39. The molecule has 1 aliphatic heterocycles. The molecule has 2 heteroatoms. The van der Waals surface area contributed by atoms with Crippen LogP contribution < -0.4 is 4.74 Å². The lowest BCUT2D eigenvalue weighted by atomic mass is 9.77.